The SMILES string of the molecule is CC=CN1CCS(=O)(=O)CC1. The van der Waals surface area contributed by atoms with Crippen LogP contribution in [-0.4, -0.2) is 37.9 Å². The highest BCUT2D eigenvalue weighted by Crippen LogP contribution is 2.03. The lowest BCUT2D eigenvalue weighted by molar-refractivity contribution is 0.401. The van der Waals surface area contributed by atoms with Gasteiger partial charge in [0.25, 0.3) is 0 Å². The number of rotatable bonds is 1. The molecule has 1 saturated heterocycles. The molecule has 0 aromatic carbocycles. The van der Waals surface area contributed by atoms with Crippen LogP contribution < -0.4 is 0 Å². The molecule has 0 unspecified atom stereocenters. The van der Waals surface area contributed by atoms with Crippen molar-refractivity contribution in [3.63, 3.8) is 0 Å². The molecule has 64 valence electrons. The first-order chi connectivity index (χ1) is 5.14. The van der Waals surface area contributed by atoms with Crippen molar-refractivity contribution in [2.75, 3.05) is 24.6 Å². The molecular formula is C7H13NO2S. The van der Waals surface area contributed by atoms with E-state index in [0.29, 0.717) is 24.6 Å². The van der Waals surface area contributed by atoms with Crippen LogP contribution in [0.4, 0.5) is 0 Å². The number of sulfone groups is 1. The summed E-state index contributed by atoms with van der Waals surface area (Å²) in [5.74, 6) is 0.606. The highest BCUT2D eigenvalue weighted by atomic mass is 32.2. The molecule has 4 heteroatoms. The van der Waals surface area contributed by atoms with Gasteiger partial charge in [0, 0.05) is 13.1 Å². The summed E-state index contributed by atoms with van der Waals surface area (Å²) in [5.41, 5.74) is 0. The molecule has 0 bridgehead atoms. The standard InChI is InChI=1S/C7H13NO2S/c1-2-3-8-4-6-11(9,10)7-5-8/h2-3H,4-7H2,1H3. The van der Waals surface area contributed by atoms with E-state index in [1.807, 2.05) is 24.1 Å². The Morgan fingerprint density at radius 1 is 1.27 bits per heavy atom. The van der Waals surface area contributed by atoms with Gasteiger partial charge in [-0.2, -0.15) is 0 Å². The number of hydrogen-bond donors (Lipinski definition) is 0. The van der Waals surface area contributed by atoms with E-state index in [2.05, 4.69) is 0 Å². The van der Waals surface area contributed by atoms with Crippen LogP contribution in [0.3, 0.4) is 0 Å². The maximum Gasteiger partial charge on any atom is 0.153 e. The fraction of sp³-hybridized carbons (Fsp3) is 0.714. The van der Waals surface area contributed by atoms with E-state index in [9.17, 15) is 8.42 Å². The second-order valence-electron chi connectivity index (χ2n) is 2.67. The van der Waals surface area contributed by atoms with Gasteiger partial charge in [-0.15, -0.1) is 0 Å². The Kier molecular flexibility index (Phi) is 2.54. The maximum absolute atomic E-state index is 10.9. The van der Waals surface area contributed by atoms with Crippen LogP contribution in [0.15, 0.2) is 12.3 Å². The molecule has 1 aliphatic heterocycles. The highest BCUT2D eigenvalue weighted by Gasteiger charge is 2.18. The summed E-state index contributed by atoms with van der Waals surface area (Å²) in [4.78, 5) is 2.03. The van der Waals surface area contributed by atoms with Crippen molar-refractivity contribution in [3.8, 4) is 0 Å². The third-order valence-electron chi connectivity index (χ3n) is 1.74. The zero-order valence-corrected chi connectivity index (χ0v) is 7.47. The van der Waals surface area contributed by atoms with Crippen LogP contribution in [0.2, 0.25) is 0 Å². The van der Waals surface area contributed by atoms with Crippen molar-refractivity contribution in [3.05, 3.63) is 12.3 Å². The van der Waals surface area contributed by atoms with E-state index in [0.717, 1.165) is 0 Å². The molecule has 0 saturated carbocycles. The van der Waals surface area contributed by atoms with Gasteiger partial charge in [-0.3, -0.25) is 0 Å². The first-order valence-electron chi connectivity index (χ1n) is 3.71. The summed E-state index contributed by atoms with van der Waals surface area (Å²) in [6.07, 6.45) is 3.87. The maximum atomic E-state index is 10.9. The van der Waals surface area contributed by atoms with E-state index in [-0.39, 0.29) is 0 Å². The Morgan fingerprint density at radius 2 is 1.82 bits per heavy atom. The average Bonchev–Trinajstić information content (AvgIpc) is 1.94. The zero-order chi connectivity index (χ0) is 8.32. The molecule has 0 atom stereocenters. The molecule has 1 aliphatic rings. The zero-order valence-electron chi connectivity index (χ0n) is 6.66. The minimum atomic E-state index is -2.71. The number of nitrogens with zero attached hydrogens (tertiary/aromatic N) is 1. The molecule has 0 aromatic heterocycles. The lowest BCUT2D eigenvalue weighted by atomic mass is 10.5. The number of hydrogen-bond acceptors (Lipinski definition) is 3. The summed E-state index contributed by atoms with van der Waals surface area (Å²) >= 11 is 0. The monoisotopic (exact) mass is 175 g/mol. The van der Waals surface area contributed by atoms with Gasteiger partial charge in [0.05, 0.1) is 11.5 Å². The summed E-state index contributed by atoms with van der Waals surface area (Å²) < 4.78 is 21.9. The van der Waals surface area contributed by atoms with Crippen LogP contribution in [0.25, 0.3) is 0 Å². The molecular weight excluding hydrogens is 162 g/mol. The third-order valence-corrected chi connectivity index (χ3v) is 3.35. The van der Waals surface area contributed by atoms with E-state index < -0.39 is 9.84 Å². The first kappa shape index (κ1) is 8.59. The van der Waals surface area contributed by atoms with Gasteiger partial charge in [-0.25, -0.2) is 8.42 Å². The van der Waals surface area contributed by atoms with Crippen LogP contribution in [0.5, 0.6) is 0 Å². The quantitative estimate of drug-likeness (QED) is 0.573. The fourth-order valence-corrected chi connectivity index (χ4v) is 2.32. The lowest BCUT2D eigenvalue weighted by Gasteiger charge is -2.24. The predicted molar refractivity (Wildman–Crippen MR) is 45.0 cm³/mol. The highest BCUT2D eigenvalue weighted by molar-refractivity contribution is 7.91. The van der Waals surface area contributed by atoms with Gasteiger partial charge in [0.2, 0.25) is 0 Å². The molecule has 1 fully saturated rings. The van der Waals surface area contributed by atoms with Crippen LogP contribution in [0, 0.1) is 0 Å². The van der Waals surface area contributed by atoms with E-state index >= 15 is 0 Å². The lowest BCUT2D eigenvalue weighted by Crippen LogP contribution is -2.36. The molecule has 0 radical (unpaired) electrons. The van der Waals surface area contributed by atoms with Gasteiger partial charge < -0.3 is 4.90 Å². The van der Waals surface area contributed by atoms with Crippen molar-refractivity contribution in [1.82, 2.24) is 4.90 Å². The van der Waals surface area contributed by atoms with Crippen molar-refractivity contribution < 1.29 is 8.42 Å². The molecule has 1 heterocycles. The topological polar surface area (TPSA) is 37.4 Å². The predicted octanol–water partition coefficient (Wildman–Crippen LogP) is 0.250. The average molecular weight is 175 g/mol. The summed E-state index contributed by atoms with van der Waals surface area (Å²) in [6.45, 7) is 3.22. The van der Waals surface area contributed by atoms with E-state index in [1.165, 1.54) is 0 Å². The minimum Gasteiger partial charge on any atom is -0.376 e. The Labute approximate surface area is 67.6 Å². The van der Waals surface area contributed by atoms with Crippen molar-refractivity contribution in [1.29, 1.82) is 0 Å². The number of allylic oxidation sites excluding steroid dienone is 1. The summed E-state index contributed by atoms with van der Waals surface area (Å²) in [5, 5.41) is 0. The molecule has 0 aliphatic carbocycles. The molecule has 3 nitrogen and oxygen atoms in total. The van der Waals surface area contributed by atoms with Gasteiger partial charge >= 0.3 is 0 Å². The van der Waals surface area contributed by atoms with E-state index in [1.54, 1.807) is 0 Å². The fourth-order valence-electron chi connectivity index (χ4n) is 1.09. The summed E-state index contributed by atoms with van der Waals surface area (Å²) in [7, 11) is -2.71. The van der Waals surface area contributed by atoms with Crippen LogP contribution in [-0.2, 0) is 9.84 Å². The Hall–Kier alpha value is -0.510. The molecule has 0 spiro atoms. The third kappa shape index (κ3) is 2.54. The van der Waals surface area contributed by atoms with Crippen LogP contribution in [0.1, 0.15) is 6.92 Å². The van der Waals surface area contributed by atoms with Crippen molar-refractivity contribution in [2.45, 2.75) is 6.92 Å². The van der Waals surface area contributed by atoms with Crippen LogP contribution >= 0.6 is 0 Å². The smallest absolute Gasteiger partial charge is 0.153 e. The van der Waals surface area contributed by atoms with Crippen molar-refractivity contribution >= 4 is 9.84 Å². The molecule has 0 amide bonds. The minimum absolute atomic E-state index is 0.303. The first-order valence-corrected chi connectivity index (χ1v) is 5.53. The van der Waals surface area contributed by atoms with Gasteiger partial charge in [0.15, 0.2) is 9.84 Å². The van der Waals surface area contributed by atoms with Crippen molar-refractivity contribution in [2.24, 2.45) is 0 Å². The second-order valence-corrected chi connectivity index (χ2v) is 4.97. The van der Waals surface area contributed by atoms with Gasteiger partial charge in [-0.05, 0) is 13.1 Å². The normalized spacial score (nSPS) is 24.3. The summed E-state index contributed by atoms with van der Waals surface area (Å²) in [6, 6.07) is 0. The molecule has 11 heavy (non-hydrogen) atoms. The molecule has 1 rings (SSSR count). The molecule has 0 N–H and O–H groups in total. The largest absolute Gasteiger partial charge is 0.376 e. The van der Waals surface area contributed by atoms with Gasteiger partial charge in [0.1, 0.15) is 0 Å². The second kappa shape index (κ2) is 3.26. The molecule has 0 aromatic rings. The Morgan fingerprint density at radius 3 is 2.27 bits per heavy atom. The van der Waals surface area contributed by atoms with E-state index in [4.69, 9.17) is 0 Å². The Balaban J connectivity index is 2.49. The Bertz CT molecular complexity index is 229. The van der Waals surface area contributed by atoms with Gasteiger partial charge in [-0.1, -0.05) is 6.08 Å².